The summed E-state index contributed by atoms with van der Waals surface area (Å²) in [4.78, 5) is 2.25. The van der Waals surface area contributed by atoms with Crippen molar-refractivity contribution in [3.63, 3.8) is 0 Å². The molecule has 3 nitrogen and oxygen atoms in total. The summed E-state index contributed by atoms with van der Waals surface area (Å²) in [5.41, 5.74) is 3.19. The van der Waals surface area contributed by atoms with Gasteiger partial charge in [0.1, 0.15) is 0 Å². The zero-order valence-electron chi connectivity index (χ0n) is 14.0. The normalized spacial score (nSPS) is 19.1. The Morgan fingerprint density at radius 1 is 1.33 bits per heavy atom. The molecule has 0 N–H and O–H groups in total. The molecular formula is C17H26N2OSi. The number of hydrogen-bond acceptors (Lipinski definition) is 3. The van der Waals surface area contributed by atoms with Crippen molar-refractivity contribution in [2.24, 2.45) is 0 Å². The van der Waals surface area contributed by atoms with Crippen LogP contribution in [0.25, 0.3) is 0 Å². The lowest BCUT2D eigenvalue weighted by Gasteiger charge is -2.42. The third-order valence-corrected chi connectivity index (χ3v) is 9.35. The number of fused-ring (bicyclic) bond motifs is 1. The molecule has 0 radical (unpaired) electrons. The van der Waals surface area contributed by atoms with Crippen LogP contribution in [0.2, 0.25) is 18.1 Å². The summed E-state index contributed by atoms with van der Waals surface area (Å²) in [6.07, 6.45) is 1.12. The van der Waals surface area contributed by atoms with Gasteiger partial charge in [-0.3, -0.25) is 0 Å². The van der Waals surface area contributed by atoms with Gasteiger partial charge in [-0.25, -0.2) is 0 Å². The van der Waals surface area contributed by atoms with Gasteiger partial charge in [0, 0.05) is 25.7 Å². The molecule has 1 unspecified atom stereocenters. The quantitative estimate of drug-likeness (QED) is 0.776. The molecule has 2 rings (SSSR count). The molecule has 0 spiro atoms. The highest BCUT2D eigenvalue weighted by atomic mass is 28.4. The van der Waals surface area contributed by atoms with Gasteiger partial charge < -0.3 is 9.33 Å². The zero-order chi connectivity index (χ0) is 15.8. The minimum atomic E-state index is -1.76. The number of rotatable bonds is 2. The van der Waals surface area contributed by atoms with Crippen molar-refractivity contribution < 1.29 is 4.43 Å². The highest BCUT2D eigenvalue weighted by Gasteiger charge is 2.40. The Balaban J connectivity index is 2.22. The number of anilines is 1. The second-order valence-electron chi connectivity index (χ2n) is 7.54. The van der Waals surface area contributed by atoms with Crippen molar-refractivity contribution >= 4 is 14.0 Å². The van der Waals surface area contributed by atoms with Crippen LogP contribution in [0.1, 0.15) is 31.9 Å². The standard InChI is InChI=1S/C17H26N2OSi/c1-17(2,3)21(5,6)20-15-10-14-9-13(11-18)7-8-16(14)19(4)12-15/h7-9,15H,10,12H2,1-6H3. The Morgan fingerprint density at radius 3 is 2.57 bits per heavy atom. The van der Waals surface area contributed by atoms with Crippen molar-refractivity contribution in [3.05, 3.63) is 29.3 Å². The van der Waals surface area contributed by atoms with Gasteiger partial charge >= 0.3 is 0 Å². The highest BCUT2D eigenvalue weighted by Crippen LogP contribution is 2.39. The Morgan fingerprint density at radius 2 is 2.00 bits per heavy atom. The fourth-order valence-electron chi connectivity index (χ4n) is 2.58. The number of benzene rings is 1. The molecule has 0 bridgehead atoms. The van der Waals surface area contributed by atoms with E-state index in [0.29, 0.717) is 0 Å². The minimum absolute atomic E-state index is 0.220. The summed E-state index contributed by atoms with van der Waals surface area (Å²) in [6, 6.07) is 8.18. The first kappa shape index (κ1) is 16.1. The Hall–Kier alpha value is -1.31. The van der Waals surface area contributed by atoms with Crippen LogP contribution in [0.3, 0.4) is 0 Å². The van der Waals surface area contributed by atoms with Crippen molar-refractivity contribution in [3.8, 4) is 6.07 Å². The molecule has 1 aromatic rings. The van der Waals surface area contributed by atoms with Crippen molar-refractivity contribution in [1.82, 2.24) is 0 Å². The van der Waals surface area contributed by atoms with E-state index in [2.05, 4.69) is 57.9 Å². The second kappa shape index (κ2) is 5.47. The van der Waals surface area contributed by atoms with E-state index in [9.17, 15) is 0 Å². The topological polar surface area (TPSA) is 36.3 Å². The molecule has 4 heteroatoms. The Labute approximate surface area is 129 Å². The van der Waals surface area contributed by atoms with Crippen LogP contribution in [0.5, 0.6) is 0 Å². The molecule has 21 heavy (non-hydrogen) atoms. The number of nitriles is 1. The van der Waals surface area contributed by atoms with E-state index in [1.54, 1.807) is 0 Å². The third kappa shape index (κ3) is 3.30. The van der Waals surface area contributed by atoms with E-state index in [-0.39, 0.29) is 11.1 Å². The average Bonchev–Trinajstić information content (AvgIpc) is 2.36. The molecule has 0 saturated heterocycles. The maximum atomic E-state index is 9.08. The largest absolute Gasteiger partial charge is 0.412 e. The maximum absolute atomic E-state index is 9.08. The van der Waals surface area contributed by atoms with Crippen LogP contribution in [0.4, 0.5) is 5.69 Å². The van der Waals surface area contributed by atoms with Crippen LogP contribution in [0.15, 0.2) is 18.2 Å². The summed E-state index contributed by atoms with van der Waals surface area (Å²) >= 11 is 0. The van der Waals surface area contributed by atoms with Gasteiger partial charge in [-0.05, 0) is 41.9 Å². The first-order valence-corrected chi connectivity index (χ1v) is 10.5. The van der Waals surface area contributed by atoms with E-state index in [1.165, 1.54) is 11.3 Å². The molecule has 0 fully saturated rings. The lowest BCUT2D eigenvalue weighted by molar-refractivity contribution is 0.182. The average molecular weight is 302 g/mol. The maximum Gasteiger partial charge on any atom is 0.192 e. The van der Waals surface area contributed by atoms with Gasteiger partial charge in [-0.2, -0.15) is 5.26 Å². The molecule has 0 saturated carbocycles. The van der Waals surface area contributed by atoms with Crippen LogP contribution < -0.4 is 4.90 Å². The van der Waals surface area contributed by atoms with Crippen LogP contribution in [-0.4, -0.2) is 28.0 Å². The fourth-order valence-corrected chi connectivity index (χ4v) is 3.92. The van der Waals surface area contributed by atoms with E-state index in [0.717, 1.165) is 18.5 Å². The second-order valence-corrected chi connectivity index (χ2v) is 12.3. The monoisotopic (exact) mass is 302 g/mol. The van der Waals surface area contributed by atoms with Crippen LogP contribution in [-0.2, 0) is 10.8 Å². The molecule has 1 aliphatic rings. The van der Waals surface area contributed by atoms with Gasteiger partial charge in [-0.1, -0.05) is 20.8 Å². The van der Waals surface area contributed by atoms with E-state index in [1.807, 2.05) is 12.1 Å². The van der Waals surface area contributed by atoms with Gasteiger partial charge in [0.05, 0.1) is 17.7 Å². The minimum Gasteiger partial charge on any atom is -0.412 e. The van der Waals surface area contributed by atoms with Crippen molar-refractivity contribution in [2.75, 3.05) is 18.5 Å². The third-order valence-electron chi connectivity index (χ3n) is 4.81. The molecule has 1 atom stereocenters. The SMILES string of the molecule is CN1CC(O[Si](C)(C)C(C)(C)C)Cc2cc(C#N)ccc21. The van der Waals surface area contributed by atoms with Gasteiger partial charge in [0.2, 0.25) is 0 Å². The number of hydrogen-bond donors (Lipinski definition) is 0. The summed E-state index contributed by atoms with van der Waals surface area (Å²) in [5.74, 6) is 0. The molecule has 1 heterocycles. The zero-order valence-corrected chi connectivity index (χ0v) is 15.0. The van der Waals surface area contributed by atoms with Crippen molar-refractivity contribution in [2.45, 2.75) is 51.4 Å². The summed E-state index contributed by atoms with van der Waals surface area (Å²) < 4.78 is 6.56. The molecule has 1 aromatic carbocycles. The lowest BCUT2D eigenvalue weighted by atomic mass is 9.98. The summed E-state index contributed by atoms with van der Waals surface area (Å²) in [5, 5.41) is 9.30. The molecule has 0 aromatic heterocycles. The molecule has 0 aliphatic carbocycles. The summed E-state index contributed by atoms with van der Waals surface area (Å²) in [6.45, 7) is 12.3. The van der Waals surface area contributed by atoms with E-state index in [4.69, 9.17) is 9.69 Å². The van der Waals surface area contributed by atoms with Crippen LogP contribution in [0, 0.1) is 11.3 Å². The fraction of sp³-hybridized carbons (Fsp3) is 0.588. The van der Waals surface area contributed by atoms with E-state index < -0.39 is 8.32 Å². The smallest absolute Gasteiger partial charge is 0.192 e. The molecule has 114 valence electrons. The Kier molecular flexibility index (Phi) is 4.19. The number of likely N-dealkylation sites (N-methyl/N-ethyl adjacent to an activating group) is 1. The van der Waals surface area contributed by atoms with Crippen molar-refractivity contribution in [1.29, 1.82) is 5.26 Å². The van der Waals surface area contributed by atoms with Crippen LogP contribution >= 0.6 is 0 Å². The van der Waals surface area contributed by atoms with Gasteiger partial charge in [-0.15, -0.1) is 0 Å². The lowest BCUT2D eigenvalue weighted by Crippen LogP contribution is -2.48. The predicted octanol–water partition coefficient (Wildman–Crippen LogP) is 3.94. The first-order valence-electron chi connectivity index (χ1n) is 7.56. The summed E-state index contributed by atoms with van der Waals surface area (Å²) in [7, 11) is 0.346. The first-order chi connectivity index (χ1) is 9.64. The predicted molar refractivity (Wildman–Crippen MR) is 90.2 cm³/mol. The molecular weight excluding hydrogens is 276 g/mol. The molecule has 1 aliphatic heterocycles. The van der Waals surface area contributed by atoms with Gasteiger partial charge in [0.15, 0.2) is 8.32 Å². The number of nitrogens with zero attached hydrogens (tertiary/aromatic N) is 2. The Bertz CT molecular complexity index is 569. The highest BCUT2D eigenvalue weighted by molar-refractivity contribution is 6.74. The van der Waals surface area contributed by atoms with E-state index >= 15 is 0 Å². The molecule has 0 amide bonds. The van der Waals surface area contributed by atoms with Gasteiger partial charge in [0.25, 0.3) is 0 Å².